The lowest BCUT2D eigenvalue weighted by atomic mass is 9.74. The molecular weight excluding hydrogens is 367 g/mol. The van der Waals surface area contributed by atoms with Gasteiger partial charge in [0.15, 0.2) is 0 Å². The molecular formula is C22H28F3NO2. The Morgan fingerprint density at radius 1 is 0.964 bits per heavy atom. The molecule has 0 heterocycles. The van der Waals surface area contributed by atoms with Crippen LogP contribution in [0.25, 0.3) is 0 Å². The lowest BCUT2D eigenvalue weighted by Gasteiger charge is -2.35. The average molecular weight is 395 g/mol. The van der Waals surface area contributed by atoms with Crippen LogP contribution in [0.2, 0.25) is 0 Å². The van der Waals surface area contributed by atoms with Crippen LogP contribution in [0.4, 0.5) is 13.2 Å². The van der Waals surface area contributed by atoms with Gasteiger partial charge in [0, 0.05) is 18.7 Å². The predicted molar refractivity (Wildman–Crippen MR) is 104 cm³/mol. The fourth-order valence-corrected chi connectivity index (χ4v) is 3.26. The normalized spacial score (nSPS) is 14.5. The summed E-state index contributed by atoms with van der Waals surface area (Å²) < 4.78 is 41.7. The molecule has 0 saturated heterocycles. The number of hydrogen-bond acceptors (Lipinski definition) is 3. The first-order valence-electron chi connectivity index (χ1n) is 9.32. The molecule has 2 aromatic carbocycles. The van der Waals surface area contributed by atoms with Crippen molar-refractivity contribution in [2.45, 2.75) is 46.2 Å². The number of alkyl halides is 3. The second-order valence-electron chi connectivity index (χ2n) is 8.02. The Bertz CT molecular complexity index is 727. The lowest BCUT2D eigenvalue weighted by Crippen LogP contribution is -2.40. The van der Waals surface area contributed by atoms with Gasteiger partial charge < -0.3 is 15.2 Å². The second kappa shape index (κ2) is 9.43. The summed E-state index contributed by atoms with van der Waals surface area (Å²) in [5.74, 6) is -0.238. The van der Waals surface area contributed by atoms with Crippen LogP contribution in [0, 0.1) is 11.3 Å². The first-order chi connectivity index (χ1) is 13.1. The summed E-state index contributed by atoms with van der Waals surface area (Å²) in [4.78, 5) is 0. The number of aliphatic hydroxyl groups excluding tert-OH is 1. The SMILES string of the molecule is CC(C)(C)C(Cc1ccccc1)[C@@H](O)CNCc1ccccc1OC(F)(F)F. The Balaban J connectivity index is 1.99. The van der Waals surface area contributed by atoms with Crippen LogP contribution in [0.1, 0.15) is 31.9 Å². The highest BCUT2D eigenvalue weighted by Crippen LogP contribution is 2.32. The Kier molecular flexibility index (Phi) is 7.49. The maximum absolute atomic E-state index is 12.5. The summed E-state index contributed by atoms with van der Waals surface area (Å²) in [5, 5.41) is 13.8. The highest BCUT2D eigenvalue weighted by molar-refractivity contribution is 5.33. The van der Waals surface area contributed by atoms with Crippen molar-refractivity contribution >= 4 is 0 Å². The van der Waals surface area contributed by atoms with E-state index < -0.39 is 12.5 Å². The number of benzene rings is 2. The number of rotatable bonds is 8. The fourth-order valence-electron chi connectivity index (χ4n) is 3.26. The molecule has 2 N–H and O–H groups in total. The summed E-state index contributed by atoms with van der Waals surface area (Å²) in [6.07, 6.45) is -4.65. The van der Waals surface area contributed by atoms with E-state index in [0.29, 0.717) is 5.56 Å². The molecule has 0 fully saturated rings. The van der Waals surface area contributed by atoms with Gasteiger partial charge in [0.05, 0.1) is 6.10 Å². The Labute approximate surface area is 164 Å². The highest BCUT2D eigenvalue weighted by Gasteiger charge is 2.33. The molecule has 1 unspecified atom stereocenters. The third-order valence-corrected chi connectivity index (χ3v) is 4.74. The minimum atomic E-state index is -4.73. The maximum Gasteiger partial charge on any atom is 0.573 e. The summed E-state index contributed by atoms with van der Waals surface area (Å²) in [5.41, 5.74) is 1.40. The van der Waals surface area contributed by atoms with Crippen molar-refractivity contribution in [3.8, 4) is 5.75 Å². The summed E-state index contributed by atoms with van der Waals surface area (Å²) in [7, 11) is 0. The fraction of sp³-hybridized carbons (Fsp3) is 0.455. The third kappa shape index (κ3) is 7.17. The van der Waals surface area contributed by atoms with Gasteiger partial charge in [0.25, 0.3) is 0 Å². The minimum Gasteiger partial charge on any atom is -0.405 e. The van der Waals surface area contributed by atoms with Crippen molar-refractivity contribution in [3.05, 3.63) is 65.7 Å². The van der Waals surface area contributed by atoms with Gasteiger partial charge in [-0.25, -0.2) is 0 Å². The van der Waals surface area contributed by atoms with E-state index in [9.17, 15) is 18.3 Å². The van der Waals surface area contributed by atoms with Crippen molar-refractivity contribution in [2.24, 2.45) is 11.3 Å². The zero-order valence-corrected chi connectivity index (χ0v) is 16.5. The monoisotopic (exact) mass is 395 g/mol. The van der Waals surface area contributed by atoms with Crippen LogP contribution < -0.4 is 10.1 Å². The first-order valence-corrected chi connectivity index (χ1v) is 9.32. The lowest BCUT2D eigenvalue weighted by molar-refractivity contribution is -0.274. The van der Waals surface area contributed by atoms with E-state index in [1.165, 1.54) is 12.1 Å². The van der Waals surface area contributed by atoms with Crippen LogP contribution in [0.5, 0.6) is 5.75 Å². The Morgan fingerprint density at radius 2 is 1.57 bits per heavy atom. The van der Waals surface area contributed by atoms with E-state index in [0.717, 1.165) is 12.0 Å². The van der Waals surface area contributed by atoms with Crippen LogP contribution in [-0.2, 0) is 13.0 Å². The molecule has 3 nitrogen and oxygen atoms in total. The third-order valence-electron chi connectivity index (χ3n) is 4.74. The number of hydrogen-bond donors (Lipinski definition) is 2. The molecule has 0 aromatic heterocycles. The molecule has 0 aliphatic rings. The molecule has 2 aromatic rings. The van der Waals surface area contributed by atoms with Crippen LogP contribution in [0.15, 0.2) is 54.6 Å². The quantitative estimate of drug-likeness (QED) is 0.665. The Hall–Kier alpha value is -2.05. The largest absolute Gasteiger partial charge is 0.573 e. The van der Waals surface area contributed by atoms with Gasteiger partial charge >= 0.3 is 6.36 Å². The van der Waals surface area contributed by atoms with E-state index in [1.54, 1.807) is 12.1 Å². The van der Waals surface area contributed by atoms with Crippen molar-refractivity contribution in [2.75, 3.05) is 6.54 Å². The number of halogens is 3. The molecule has 0 aliphatic carbocycles. The number of nitrogens with one attached hydrogen (secondary N) is 1. The standard InChI is InChI=1S/C22H28F3NO2/c1-21(2,3)18(13-16-9-5-4-6-10-16)19(27)15-26-14-17-11-7-8-12-20(17)28-22(23,24)25/h4-12,18-19,26-27H,13-15H2,1-3H3/t18?,19-/m0/s1. The topological polar surface area (TPSA) is 41.5 Å². The van der Waals surface area contributed by atoms with Gasteiger partial charge in [-0.3, -0.25) is 0 Å². The molecule has 0 aliphatic heterocycles. The van der Waals surface area contributed by atoms with E-state index >= 15 is 0 Å². The van der Waals surface area contributed by atoms with Crippen molar-refractivity contribution in [1.82, 2.24) is 5.32 Å². The van der Waals surface area contributed by atoms with E-state index in [-0.39, 0.29) is 30.2 Å². The van der Waals surface area contributed by atoms with Crippen molar-refractivity contribution in [3.63, 3.8) is 0 Å². The van der Waals surface area contributed by atoms with Gasteiger partial charge in [0.2, 0.25) is 0 Å². The van der Waals surface area contributed by atoms with E-state index in [2.05, 4.69) is 30.8 Å². The molecule has 6 heteroatoms. The van der Waals surface area contributed by atoms with Crippen LogP contribution in [0.3, 0.4) is 0 Å². The highest BCUT2D eigenvalue weighted by atomic mass is 19.4. The van der Waals surface area contributed by atoms with Crippen LogP contribution in [-0.4, -0.2) is 24.1 Å². The van der Waals surface area contributed by atoms with Gasteiger partial charge in [-0.05, 0) is 29.4 Å². The average Bonchev–Trinajstić information content (AvgIpc) is 2.59. The minimum absolute atomic E-state index is 0.0101. The number of ether oxygens (including phenoxy) is 1. The zero-order chi connectivity index (χ0) is 20.8. The molecule has 0 bridgehead atoms. The van der Waals surface area contributed by atoms with Gasteiger partial charge in [-0.2, -0.15) is 0 Å². The zero-order valence-electron chi connectivity index (χ0n) is 16.5. The van der Waals surface area contributed by atoms with E-state index in [4.69, 9.17) is 0 Å². The van der Waals surface area contributed by atoms with Crippen LogP contribution >= 0.6 is 0 Å². The smallest absolute Gasteiger partial charge is 0.405 e. The van der Waals surface area contributed by atoms with Crippen molar-refractivity contribution in [1.29, 1.82) is 0 Å². The first kappa shape index (κ1) is 22.2. The maximum atomic E-state index is 12.5. The summed E-state index contributed by atoms with van der Waals surface area (Å²) >= 11 is 0. The molecule has 0 saturated carbocycles. The molecule has 0 spiro atoms. The molecule has 0 radical (unpaired) electrons. The number of para-hydroxylation sites is 1. The molecule has 0 amide bonds. The molecule has 2 atom stereocenters. The van der Waals surface area contributed by atoms with Gasteiger partial charge in [-0.15, -0.1) is 13.2 Å². The molecule has 28 heavy (non-hydrogen) atoms. The summed E-state index contributed by atoms with van der Waals surface area (Å²) in [6.45, 7) is 6.68. The van der Waals surface area contributed by atoms with Gasteiger partial charge in [0.1, 0.15) is 5.75 Å². The van der Waals surface area contributed by atoms with E-state index in [1.807, 2.05) is 30.3 Å². The number of aliphatic hydroxyl groups is 1. The van der Waals surface area contributed by atoms with Crippen molar-refractivity contribution < 1.29 is 23.0 Å². The predicted octanol–water partition coefficient (Wildman–Crippen LogP) is 4.94. The van der Waals surface area contributed by atoms with Gasteiger partial charge in [-0.1, -0.05) is 69.3 Å². The summed E-state index contributed by atoms with van der Waals surface area (Å²) in [6, 6.07) is 16.0. The second-order valence-corrected chi connectivity index (χ2v) is 8.02. The Morgan fingerprint density at radius 3 is 2.18 bits per heavy atom. The molecule has 2 rings (SSSR count). The molecule has 154 valence electrons.